The van der Waals surface area contributed by atoms with Gasteiger partial charge in [0.1, 0.15) is 11.4 Å². The van der Waals surface area contributed by atoms with Crippen LogP contribution in [-0.2, 0) is 4.74 Å². The molecule has 0 saturated carbocycles. The molecule has 0 aromatic carbocycles. The number of hydrogen-bond donors (Lipinski definition) is 1. The van der Waals surface area contributed by atoms with Gasteiger partial charge in [0.25, 0.3) is 0 Å². The second-order valence-electron chi connectivity index (χ2n) is 5.10. The van der Waals surface area contributed by atoms with Crippen molar-refractivity contribution in [2.24, 2.45) is 0 Å². The largest absolute Gasteiger partial charge is 0.477 e. The molecule has 1 fully saturated rings. The second kappa shape index (κ2) is 7.61. The van der Waals surface area contributed by atoms with Crippen molar-refractivity contribution in [2.75, 3.05) is 31.4 Å². The van der Waals surface area contributed by atoms with E-state index in [-0.39, 0.29) is 11.7 Å². The highest BCUT2D eigenvalue weighted by atomic mass is 32.2. The molecule has 21 heavy (non-hydrogen) atoms. The van der Waals surface area contributed by atoms with Gasteiger partial charge >= 0.3 is 5.97 Å². The molecule has 1 atom stereocenters. The van der Waals surface area contributed by atoms with E-state index in [0.717, 1.165) is 32.4 Å². The molecule has 2 rings (SSSR count). The number of rotatable bonds is 6. The molecule has 116 valence electrons. The maximum absolute atomic E-state index is 11.3. The molecule has 2 heterocycles. The molecule has 1 aromatic rings. The molecule has 0 aliphatic carbocycles. The lowest BCUT2D eigenvalue weighted by atomic mass is 10.1. The van der Waals surface area contributed by atoms with Crippen molar-refractivity contribution in [1.82, 2.24) is 9.97 Å². The summed E-state index contributed by atoms with van der Waals surface area (Å²) in [5.74, 6) is -0.531. The van der Waals surface area contributed by atoms with Gasteiger partial charge in [-0.2, -0.15) is 0 Å². The number of hydrogen-bond acceptors (Lipinski definition) is 6. The summed E-state index contributed by atoms with van der Waals surface area (Å²) in [5, 5.41) is 9.84. The predicted molar refractivity (Wildman–Crippen MR) is 82.3 cm³/mol. The second-order valence-corrected chi connectivity index (χ2v) is 5.87. The van der Waals surface area contributed by atoms with Gasteiger partial charge in [-0.3, -0.25) is 0 Å². The zero-order valence-corrected chi connectivity index (χ0v) is 13.2. The average molecular weight is 311 g/mol. The SMILES string of the molecule is CSc1ncc(C(=O)O)c(N(C)CCC2CCCCO2)n1. The Hall–Kier alpha value is -1.34. The van der Waals surface area contributed by atoms with Gasteiger partial charge in [-0.05, 0) is 31.9 Å². The minimum Gasteiger partial charge on any atom is -0.477 e. The van der Waals surface area contributed by atoms with Crippen LogP contribution in [0.1, 0.15) is 36.0 Å². The third-order valence-corrected chi connectivity index (χ3v) is 4.14. The standard InChI is InChI=1S/C14H21N3O3S/c1-17(7-6-10-5-3-4-8-20-10)12-11(13(18)19)9-15-14(16-12)21-2/h9-10H,3-8H2,1-2H3,(H,18,19). The first-order valence-electron chi connectivity index (χ1n) is 7.09. The quantitative estimate of drug-likeness (QED) is 0.638. The summed E-state index contributed by atoms with van der Waals surface area (Å²) in [5.41, 5.74) is 0.139. The number of carboxylic acids is 1. The Bertz CT molecular complexity index is 492. The number of aromatic nitrogens is 2. The molecule has 0 bridgehead atoms. The maximum atomic E-state index is 11.3. The van der Waals surface area contributed by atoms with Gasteiger partial charge in [-0.15, -0.1) is 0 Å². The fourth-order valence-corrected chi connectivity index (χ4v) is 2.71. The van der Waals surface area contributed by atoms with Crippen LogP contribution in [0.15, 0.2) is 11.4 Å². The molecule has 7 heteroatoms. The van der Waals surface area contributed by atoms with E-state index in [0.29, 0.717) is 11.0 Å². The van der Waals surface area contributed by atoms with E-state index >= 15 is 0 Å². The van der Waals surface area contributed by atoms with Crippen LogP contribution in [0.4, 0.5) is 5.82 Å². The first kappa shape index (κ1) is 16.0. The Labute approximate surface area is 128 Å². The summed E-state index contributed by atoms with van der Waals surface area (Å²) in [6, 6.07) is 0. The van der Waals surface area contributed by atoms with E-state index in [1.54, 1.807) is 0 Å². The zero-order valence-electron chi connectivity index (χ0n) is 12.4. The molecular weight excluding hydrogens is 290 g/mol. The Morgan fingerprint density at radius 3 is 3.00 bits per heavy atom. The number of carbonyl (C=O) groups is 1. The zero-order chi connectivity index (χ0) is 15.2. The Morgan fingerprint density at radius 2 is 2.38 bits per heavy atom. The van der Waals surface area contributed by atoms with Crippen molar-refractivity contribution < 1.29 is 14.6 Å². The maximum Gasteiger partial charge on any atom is 0.341 e. The first-order chi connectivity index (χ1) is 10.1. The Balaban J connectivity index is 2.05. The molecule has 1 aliphatic heterocycles. The summed E-state index contributed by atoms with van der Waals surface area (Å²) in [7, 11) is 1.86. The van der Waals surface area contributed by atoms with Crippen LogP contribution >= 0.6 is 11.8 Å². The molecule has 1 unspecified atom stereocenters. The lowest BCUT2D eigenvalue weighted by molar-refractivity contribution is 0.0126. The number of ether oxygens (including phenoxy) is 1. The van der Waals surface area contributed by atoms with E-state index < -0.39 is 5.97 Å². The monoisotopic (exact) mass is 311 g/mol. The molecule has 1 aliphatic rings. The van der Waals surface area contributed by atoms with E-state index in [9.17, 15) is 9.90 Å². The van der Waals surface area contributed by atoms with Crippen molar-refractivity contribution in [3.05, 3.63) is 11.8 Å². The number of carboxylic acid groups (broad SMARTS) is 1. The molecule has 1 aromatic heterocycles. The highest BCUT2D eigenvalue weighted by Crippen LogP contribution is 2.21. The fourth-order valence-electron chi connectivity index (χ4n) is 2.38. The highest BCUT2D eigenvalue weighted by molar-refractivity contribution is 7.98. The number of thioether (sulfide) groups is 1. The lowest BCUT2D eigenvalue weighted by Gasteiger charge is -2.26. The van der Waals surface area contributed by atoms with Crippen LogP contribution in [0, 0.1) is 0 Å². The minimum atomic E-state index is -1.00. The van der Waals surface area contributed by atoms with Crippen LogP contribution in [-0.4, -0.2) is 53.6 Å². The van der Waals surface area contributed by atoms with Gasteiger partial charge in [0, 0.05) is 26.4 Å². The van der Waals surface area contributed by atoms with Gasteiger partial charge in [-0.1, -0.05) is 11.8 Å². The smallest absolute Gasteiger partial charge is 0.341 e. The van der Waals surface area contributed by atoms with Crippen molar-refractivity contribution in [3.63, 3.8) is 0 Å². The predicted octanol–water partition coefficient (Wildman–Crippen LogP) is 2.29. The molecule has 6 nitrogen and oxygen atoms in total. The number of aromatic carboxylic acids is 1. The van der Waals surface area contributed by atoms with E-state index in [1.165, 1.54) is 24.4 Å². The van der Waals surface area contributed by atoms with Crippen molar-refractivity contribution in [1.29, 1.82) is 0 Å². The summed E-state index contributed by atoms with van der Waals surface area (Å²) in [4.78, 5) is 21.5. The summed E-state index contributed by atoms with van der Waals surface area (Å²) >= 11 is 1.40. The molecule has 1 saturated heterocycles. The highest BCUT2D eigenvalue weighted by Gasteiger charge is 2.19. The average Bonchev–Trinajstić information content (AvgIpc) is 2.52. The van der Waals surface area contributed by atoms with E-state index in [4.69, 9.17) is 4.74 Å². The number of nitrogens with zero attached hydrogens (tertiary/aromatic N) is 3. The van der Waals surface area contributed by atoms with Crippen molar-refractivity contribution in [2.45, 2.75) is 36.9 Å². The van der Waals surface area contributed by atoms with Gasteiger partial charge in [-0.25, -0.2) is 14.8 Å². The third-order valence-electron chi connectivity index (χ3n) is 3.58. The summed E-state index contributed by atoms with van der Waals surface area (Å²) in [6.07, 6.45) is 7.83. The molecular formula is C14H21N3O3S. The fraction of sp³-hybridized carbons (Fsp3) is 0.643. The summed E-state index contributed by atoms with van der Waals surface area (Å²) in [6.45, 7) is 1.55. The van der Waals surface area contributed by atoms with Crippen LogP contribution in [0.3, 0.4) is 0 Å². The third kappa shape index (κ3) is 4.31. The van der Waals surface area contributed by atoms with E-state index in [1.807, 2.05) is 18.2 Å². The van der Waals surface area contributed by atoms with Crippen molar-refractivity contribution >= 4 is 23.5 Å². The first-order valence-corrected chi connectivity index (χ1v) is 8.31. The minimum absolute atomic E-state index is 0.139. The van der Waals surface area contributed by atoms with Gasteiger partial charge in [0.05, 0.1) is 6.10 Å². The van der Waals surface area contributed by atoms with Crippen LogP contribution < -0.4 is 4.90 Å². The normalized spacial score (nSPS) is 18.5. The van der Waals surface area contributed by atoms with Crippen LogP contribution in [0.2, 0.25) is 0 Å². The molecule has 0 spiro atoms. The van der Waals surface area contributed by atoms with Gasteiger partial charge in [0.2, 0.25) is 0 Å². The van der Waals surface area contributed by atoms with Crippen molar-refractivity contribution in [3.8, 4) is 0 Å². The molecule has 0 radical (unpaired) electrons. The van der Waals surface area contributed by atoms with Crippen LogP contribution in [0.25, 0.3) is 0 Å². The Kier molecular flexibility index (Phi) is 5.81. The summed E-state index contributed by atoms with van der Waals surface area (Å²) < 4.78 is 5.71. The van der Waals surface area contributed by atoms with Crippen LogP contribution in [0.5, 0.6) is 0 Å². The lowest BCUT2D eigenvalue weighted by Crippen LogP contribution is -2.28. The van der Waals surface area contributed by atoms with Gasteiger partial charge in [0.15, 0.2) is 5.16 Å². The molecule has 0 amide bonds. The number of anilines is 1. The topological polar surface area (TPSA) is 75.5 Å². The Morgan fingerprint density at radius 1 is 1.57 bits per heavy atom. The van der Waals surface area contributed by atoms with Gasteiger partial charge < -0.3 is 14.7 Å². The molecule has 1 N–H and O–H groups in total. The van der Waals surface area contributed by atoms with E-state index in [2.05, 4.69) is 9.97 Å².